The molecule has 6 nitrogen and oxygen atoms in total. The number of rotatable bonds is 5. The van der Waals surface area contributed by atoms with Crippen LogP contribution in [-0.2, 0) is 0 Å². The molecule has 0 bridgehead atoms. The molecule has 26 heavy (non-hydrogen) atoms. The van der Waals surface area contributed by atoms with Crippen LogP contribution in [0.4, 0.5) is 0 Å². The van der Waals surface area contributed by atoms with Crippen LogP contribution in [0.1, 0.15) is 58.1 Å². The number of nitrogens with zero attached hydrogens (tertiary/aromatic N) is 3. The Labute approximate surface area is 157 Å². The quantitative estimate of drug-likeness (QED) is 0.836. The second kappa shape index (κ2) is 10.2. The van der Waals surface area contributed by atoms with E-state index in [1.807, 2.05) is 18.3 Å². The molecule has 0 amide bonds. The monoisotopic (exact) mass is 365 g/mol. The van der Waals surface area contributed by atoms with Crippen LogP contribution < -0.4 is 4.74 Å². The molecule has 2 fully saturated rings. The summed E-state index contributed by atoms with van der Waals surface area (Å²) in [6, 6.07) is 3.97. The van der Waals surface area contributed by atoms with Gasteiger partial charge in [-0.3, -0.25) is 9.88 Å². The number of ether oxygens (including phenoxy) is 1. The molecule has 0 unspecified atom stereocenters. The van der Waals surface area contributed by atoms with Gasteiger partial charge in [0, 0.05) is 31.7 Å². The van der Waals surface area contributed by atoms with Gasteiger partial charge < -0.3 is 15.1 Å². The predicted molar refractivity (Wildman–Crippen MR) is 103 cm³/mol. The van der Waals surface area contributed by atoms with Crippen LogP contribution in [-0.4, -0.2) is 70.2 Å². The van der Waals surface area contributed by atoms with Gasteiger partial charge in [-0.05, 0) is 71.7 Å². The van der Waals surface area contributed by atoms with Crippen molar-refractivity contribution in [2.75, 3.05) is 39.3 Å². The summed E-state index contributed by atoms with van der Waals surface area (Å²) < 4.78 is 6.00. The summed E-state index contributed by atoms with van der Waals surface area (Å²) in [5.74, 6) is 1.32. The van der Waals surface area contributed by atoms with Crippen LogP contribution in [0, 0.1) is 0 Å². The maximum absolute atomic E-state index is 9.48. The van der Waals surface area contributed by atoms with Gasteiger partial charge in [0.1, 0.15) is 12.4 Å². The molecule has 2 aliphatic rings. The van der Waals surface area contributed by atoms with Gasteiger partial charge in [0.2, 0.25) is 0 Å². The minimum atomic E-state index is -0.500. The highest BCUT2D eigenvalue weighted by molar-refractivity contribution is 5.30. The van der Waals surface area contributed by atoms with Crippen molar-refractivity contribution in [1.82, 2.24) is 14.9 Å². The second-order valence-corrected chi connectivity index (χ2v) is 8.18. The second-order valence-electron chi connectivity index (χ2n) is 8.18. The minimum absolute atomic E-state index is 0.399. The first-order valence-corrected chi connectivity index (χ1v) is 9.79. The summed E-state index contributed by atoms with van der Waals surface area (Å²) in [7, 11) is 0. The van der Waals surface area contributed by atoms with Gasteiger partial charge in [0.25, 0.3) is 0 Å². The Hall–Kier alpha value is -1.21. The zero-order valence-corrected chi connectivity index (χ0v) is 16.5. The molecular formula is C20H35N3O3. The number of piperidine rings is 1. The summed E-state index contributed by atoms with van der Waals surface area (Å²) in [4.78, 5) is 7.00. The minimum Gasteiger partial charge on any atom is -0.490 e. The average Bonchev–Trinajstić information content (AvgIpc) is 3.08. The number of aromatic nitrogens is 1. The van der Waals surface area contributed by atoms with Crippen LogP contribution >= 0.6 is 0 Å². The van der Waals surface area contributed by atoms with E-state index in [-0.39, 0.29) is 0 Å². The highest BCUT2D eigenvalue weighted by Gasteiger charge is 2.23. The first kappa shape index (κ1) is 21.1. The highest BCUT2D eigenvalue weighted by Crippen LogP contribution is 2.32. The largest absolute Gasteiger partial charge is 0.490 e. The first-order chi connectivity index (χ1) is 12.3. The summed E-state index contributed by atoms with van der Waals surface area (Å²) in [6.45, 7) is 10.8. The van der Waals surface area contributed by atoms with E-state index in [0.717, 1.165) is 37.4 Å². The van der Waals surface area contributed by atoms with Gasteiger partial charge in [-0.2, -0.15) is 5.06 Å². The number of hydrogen-bond donors (Lipinski definition) is 2. The third-order valence-electron chi connectivity index (χ3n) is 4.52. The number of aliphatic hydroxyl groups is 1. The third-order valence-corrected chi connectivity index (χ3v) is 4.52. The fourth-order valence-corrected chi connectivity index (χ4v) is 3.26. The Morgan fingerprint density at radius 1 is 1.15 bits per heavy atom. The van der Waals surface area contributed by atoms with Crippen LogP contribution in [0.25, 0.3) is 0 Å². The molecule has 0 radical (unpaired) electrons. The first-order valence-electron chi connectivity index (χ1n) is 9.79. The molecule has 3 heterocycles. The predicted octanol–water partition coefficient (Wildman–Crippen LogP) is 2.90. The average molecular weight is 366 g/mol. The molecular weight excluding hydrogens is 330 g/mol. The van der Waals surface area contributed by atoms with Crippen molar-refractivity contribution in [2.45, 2.75) is 58.0 Å². The molecule has 2 aliphatic heterocycles. The number of hydrogen-bond acceptors (Lipinski definition) is 6. The summed E-state index contributed by atoms with van der Waals surface area (Å²) in [5, 5.41) is 19.4. The zero-order valence-electron chi connectivity index (χ0n) is 16.5. The van der Waals surface area contributed by atoms with Gasteiger partial charge in [-0.15, -0.1) is 0 Å². The lowest BCUT2D eigenvalue weighted by molar-refractivity contribution is -0.106. The molecule has 0 spiro atoms. The Morgan fingerprint density at radius 2 is 1.77 bits per heavy atom. The van der Waals surface area contributed by atoms with E-state index in [4.69, 9.17) is 9.84 Å². The van der Waals surface area contributed by atoms with Gasteiger partial charge in [-0.1, -0.05) is 0 Å². The van der Waals surface area contributed by atoms with Crippen LogP contribution in [0.15, 0.2) is 18.3 Å². The lowest BCUT2D eigenvalue weighted by atomic mass is 9.93. The summed E-state index contributed by atoms with van der Waals surface area (Å²) in [5.41, 5.74) is 0.562. The van der Waals surface area contributed by atoms with E-state index in [1.165, 1.54) is 31.0 Å². The van der Waals surface area contributed by atoms with Crippen molar-refractivity contribution in [3.8, 4) is 5.75 Å². The van der Waals surface area contributed by atoms with E-state index in [2.05, 4.69) is 9.88 Å². The molecule has 6 heteroatoms. The van der Waals surface area contributed by atoms with E-state index in [1.54, 1.807) is 20.8 Å². The fraction of sp³-hybridized carbons (Fsp3) is 0.750. The number of hydroxylamine groups is 2. The Morgan fingerprint density at radius 3 is 2.38 bits per heavy atom. The van der Waals surface area contributed by atoms with Crippen molar-refractivity contribution in [3.63, 3.8) is 0 Å². The fourth-order valence-electron chi connectivity index (χ4n) is 3.26. The number of pyridine rings is 1. The summed E-state index contributed by atoms with van der Waals surface area (Å²) >= 11 is 0. The van der Waals surface area contributed by atoms with Gasteiger partial charge in [0.05, 0.1) is 11.3 Å². The van der Waals surface area contributed by atoms with E-state index < -0.39 is 5.60 Å². The lowest BCUT2D eigenvalue weighted by Crippen LogP contribution is -2.30. The summed E-state index contributed by atoms with van der Waals surface area (Å²) in [6.07, 6.45) is 6.36. The van der Waals surface area contributed by atoms with Gasteiger partial charge >= 0.3 is 0 Å². The van der Waals surface area contributed by atoms with E-state index in [0.29, 0.717) is 19.0 Å². The van der Waals surface area contributed by atoms with Crippen LogP contribution in [0.2, 0.25) is 0 Å². The maximum Gasteiger partial charge on any atom is 0.141 e. The normalized spacial score (nSPS) is 19.9. The van der Waals surface area contributed by atoms with Gasteiger partial charge in [0.15, 0.2) is 0 Å². The van der Waals surface area contributed by atoms with Crippen molar-refractivity contribution >= 4 is 0 Å². The third kappa shape index (κ3) is 7.99. The Bertz CT molecular complexity index is 513. The Balaban J connectivity index is 0.000000431. The molecule has 1 aromatic rings. The maximum atomic E-state index is 9.48. The van der Waals surface area contributed by atoms with Crippen molar-refractivity contribution in [3.05, 3.63) is 24.0 Å². The molecule has 1 aromatic heterocycles. The molecule has 2 N–H and O–H groups in total. The molecule has 0 aromatic carbocycles. The molecule has 2 saturated heterocycles. The van der Waals surface area contributed by atoms with Crippen LogP contribution in [0.3, 0.4) is 0 Å². The number of likely N-dealkylation sites (tertiary alicyclic amines) is 1. The molecule has 3 rings (SSSR count). The molecule has 148 valence electrons. The van der Waals surface area contributed by atoms with E-state index >= 15 is 0 Å². The topological polar surface area (TPSA) is 69.1 Å². The van der Waals surface area contributed by atoms with Gasteiger partial charge in [-0.25, -0.2) is 0 Å². The highest BCUT2D eigenvalue weighted by atomic mass is 16.5. The van der Waals surface area contributed by atoms with Crippen molar-refractivity contribution in [2.24, 2.45) is 0 Å². The van der Waals surface area contributed by atoms with E-state index in [9.17, 15) is 5.21 Å². The molecule has 0 aliphatic carbocycles. The lowest BCUT2D eigenvalue weighted by Gasteiger charge is -2.28. The molecule has 0 atom stereocenters. The van der Waals surface area contributed by atoms with Crippen molar-refractivity contribution in [1.29, 1.82) is 0 Å². The Kier molecular flexibility index (Phi) is 8.28. The standard InChI is InChI=1S/C16H25N3O2.C4H10O/c20-19-10-5-14(6-11-19)16-15(4-3-7-17-16)21-13-12-18-8-1-2-9-18;1-4(2,3)5/h3-4,7,14,20H,1-2,5-6,8-13H2;5H,1-3H3. The zero-order chi connectivity index (χ0) is 19.0. The molecule has 0 saturated carbocycles. The SMILES string of the molecule is CC(C)(C)O.ON1CCC(c2ncccc2OCCN2CCCC2)CC1. The van der Waals surface area contributed by atoms with Crippen molar-refractivity contribution < 1.29 is 15.1 Å². The van der Waals surface area contributed by atoms with Crippen LogP contribution in [0.5, 0.6) is 5.75 Å². The smallest absolute Gasteiger partial charge is 0.141 e.